The van der Waals surface area contributed by atoms with Gasteiger partial charge in [-0.15, -0.1) is 0 Å². The molecule has 6 heteroatoms. The Morgan fingerprint density at radius 3 is 2.57 bits per heavy atom. The van der Waals surface area contributed by atoms with Crippen molar-refractivity contribution in [2.24, 2.45) is 0 Å². The summed E-state index contributed by atoms with van der Waals surface area (Å²) in [4.78, 5) is 11.9. The monoisotopic (exact) mass is 316 g/mol. The van der Waals surface area contributed by atoms with Crippen LogP contribution in [-0.2, 0) is 10.2 Å². The first-order valence-corrected chi connectivity index (χ1v) is 7.22. The van der Waals surface area contributed by atoms with E-state index in [1.807, 2.05) is 26.0 Å². The molecule has 21 heavy (non-hydrogen) atoms. The topological polar surface area (TPSA) is 41.1 Å². The van der Waals surface area contributed by atoms with E-state index in [2.05, 4.69) is 10.6 Å². The zero-order valence-electron chi connectivity index (χ0n) is 12.1. The van der Waals surface area contributed by atoms with Crippen molar-refractivity contribution in [3.63, 3.8) is 0 Å². The number of halogens is 3. The van der Waals surface area contributed by atoms with Crippen LogP contribution in [-0.4, -0.2) is 31.0 Å². The maximum atomic E-state index is 13.1. The first-order chi connectivity index (χ1) is 9.70. The number of alkyl halides is 2. The fraction of sp³-hybridized carbons (Fsp3) is 0.533. The molecule has 0 bridgehead atoms. The van der Waals surface area contributed by atoms with Gasteiger partial charge in [0.25, 0.3) is 5.92 Å². The summed E-state index contributed by atoms with van der Waals surface area (Å²) in [6.07, 6.45) is -0.444. The van der Waals surface area contributed by atoms with E-state index in [0.717, 1.165) is 5.56 Å². The molecule has 1 fully saturated rings. The maximum Gasteiger partial charge on any atom is 0.262 e. The van der Waals surface area contributed by atoms with Gasteiger partial charge in [0.2, 0.25) is 5.91 Å². The van der Waals surface area contributed by atoms with E-state index < -0.39 is 24.9 Å². The van der Waals surface area contributed by atoms with Crippen molar-refractivity contribution in [3.05, 3.63) is 34.9 Å². The van der Waals surface area contributed by atoms with Gasteiger partial charge in [-0.25, -0.2) is 8.78 Å². The predicted octanol–water partition coefficient (Wildman–Crippen LogP) is 2.73. The van der Waals surface area contributed by atoms with Crippen molar-refractivity contribution in [1.29, 1.82) is 0 Å². The van der Waals surface area contributed by atoms with E-state index in [1.54, 1.807) is 12.1 Å². The smallest absolute Gasteiger partial charge is 0.262 e. The first-order valence-electron chi connectivity index (χ1n) is 6.85. The highest BCUT2D eigenvalue weighted by atomic mass is 35.5. The number of rotatable bonds is 4. The second-order valence-electron chi connectivity index (χ2n) is 6.10. The van der Waals surface area contributed by atoms with Crippen molar-refractivity contribution in [2.45, 2.75) is 37.6 Å². The van der Waals surface area contributed by atoms with E-state index in [9.17, 15) is 13.6 Å². The quantitative estimate of drug-likeness (QED) is 0.897. The Morgan fingerprint density at radius 1 is 1.43 bits per heavy atom. The lowest BCUT2D eigenvalue weighted by molar-refractivity contribution is -0.123. The summed E-state index contributed by atoms with van der Waals surface area (Å²) in [7, 11) is 0. The Bertz CT molecular complexity index is 517. The van der Waals surface area contributed by atoms with Crippen LogP contribution in [0.3, 0.4) is 0 Å². The molecule has 1 unspecified atom stereocenters. The van der Waals surface area contributed by atoms with Gasteiger partial charge >= 0.3 is 0 Å². The van der Waals surface area contributed by atoms with E-state index in [-0.39, 0.29) is 11.3 Å². The third-order valence-corrected chi connectivity index (χ3v) is 4.01. The number of carbonyl (C=O) groups is 1. The van der Waals surface area contributed by atoms with Crippen LogP contribution in [0.25, 0.3) is 0 Å². The third kappa shape index (κ3) is 4.14. The SMILES string of the molecule is CC(C)(CNC(=O)C1CC(F)(F)CN1)c1ccc(Cl)cc1. The molecule has 1 aliphatic rings. The number of carbonyl (C=O) groups excluding carboxylic acids is 1. The molecule has 1 aromatic rings. The van der Waals surface area contributed by atoms with Crippen molar-refractivity contribution >= 4 is 17.5 Å². The molecule has 1 amide bonds. The largest absolute Gasteiger partial charge is 0.354 e. The minimum Gasteiger partial charge on any atom is -0.354 e. The van der Waals surface area contributed by atoms with Gasteiger partial charge in [0, 0.05) is 23.4 Å². The van der Waals surface area contributed by atoms with Crippen LogP contribution in [0.2, 0.25) is 5.02 Å². The summed E-state index contributed by atoms with van der Waals surface area (Å²) < 4.78 is 26.2. The molecule has 1 aliphatic heterocycles. The molecule has 1 atom stereocenters. The summed E-state index contributed by atoms with van der Waals surface area (Å²) >= 11 is 5.85. The van der Waals surface area contributed by atoms with Crippen molar-refractivity contribution < 1.29 is 13.6 Å². The summed E-state index contributed by atoms with van der Waals surface area (Å²) in [6.45, 7) is 3.89. The van der Waals surface area contributed by atoms with Crippen LogP contribution in [0.15, 0.2) is 24.3 Å². The summed E-state index contributed by atoms with van der Waals surface area (Å²) in [6, 6.07) is 6.56. The molecular weight excluding hydrogens is 298 g/mol. The lowest BCUT2D eigenvalue weighted by Crippen LogP contribution is -2.45. The van der Waals surface area contributed by atoms with Crippen molar-refractivity contribution in [2.75, 3.05) is 13.1 Å². The lowest BCUT2D eigenvalue weighted by Gasteiger charge is -2.26. The predicted molar refractivity (Wildman–Crippen MR) is 78.8 cm³/mol. The zero-order chi connectivity index (χ0) is 15.7. The number of hydrogen-bond donors (Lipinski definition) is 2. The van der Waals surface area contributed by atoms with Crippen LogP contribution in [0.1, 0.15) is 25.8 Å². The standard InChI is InChI=1S/C15H19ClF2N2O/c1-14(2,10-3-5-11(16)6-4-10)8-20-13(21)12-7-15(17,18)9-19-12/h3-6,12,19H,7-9H2,1-2H3,(H,20,21). The molecule has 1 heterocycles. The van der Waals surface area contributed by atoms with Gasteiger partial charge in [0.15, 0.2) is 0 Å². The van der Waals surface area contributed by atoms with Crippen LogP contribution in [0.5, 0.6) is 0 Å². The van der Waals surface area contributed by atoms with Crippen LogP contribution in [0.4, 0.5) is 8.78 Å². The van der Waals surface area contributed by atoms with Gasteiger partial charge in [-0.3, -0.25) is 10.1 Å². The number of benzene rings is 1. The van der Waals surface area contributed by atoms with Crippen molar-refractivity contribution in [3.8, 4) is 0 Å². The molecule has 1 aromatic carbocycles. The van der Waals surface area contributed by atoms with Gasteiger partial charge in [-0.1, -0.05) is 37.6 Å². The molecule has 3 nitrogen and oxygen atoms in total. The van der Waals surface area contributed by atoms with Crippen LogP contribution < -0.4 is 10.6 Å². The molecular formula is C15H19ClF2N2O. The first kappa shape index (κ1) is 16.2. The number of hydrogen-bond acceptors (Lipinski definition) is 2. The Kier molecular flexibility index (Phi) is 4.54. The van der Waals surface area contributed by atoms with Crippen LogP contribution >= 0.6 is 11.6 Å². The number of nitrogens with one attached hydrogen (secondary N) is 2. The van der Waals surface area contributed by atoms with E-state index in [4.69, 9.17) is 11.6 Å². The normalized spacial score (nSPS) is 21.3. The maximum absolute atomic E-state index is 13.1. The van der Waals surface area contributed by atoms with Gasteiger partial charge in [-0.05, 0) is 17.7 Å². The van der Waals surface area contributed by atoms with Crippen molar-refractivity contribution in [1.82, 2.24) is 10.6 Å². The molecule has 1 saturated heterocycles. The van der Waals surface area contributed by atoms with Gasteiger partial charge in [0.1, 0.15) is 0 Å². The fourth-order valence-electron chi connectivity index (χ4n) is 2.34. The molecule has 0 aromatic heterocycles. The average molecular weight is 317 g/mol. The molecule has 2 rings (SSSR count). The molecule has 2 N–H and O–H groups in total. The lowest BCUT2D eigenvalue weighted by atomic mass is 9.84. The van der Waals surface area contributed by atoms with E-state index in [1.165, 1.54) is 0 Å². The second kappa shape index (κ2) is 5.89. The second-order valence-corrected chi connectivity index (χ2v) is 6.54. The Morgan fingerprint density at radius 2 is 2.05 bits per heavy atom. The highest BCUT2D eigenvalue weighted by Crippen LogP contribution is 2.26. The summed E-state index contributed by atoms with van der Waals surface area (Å²) in [5, 5.41) is 5.95. The zero-order valence-corrected chi connectivity index (χ0v) is 12.8. The van der Waals surface area contributed by atoms with Crippen LogP contribution in [0, 0.1) is 0 Å². The molecule has 0 aliphatic carbocycles. The average Bonchev–Trinajstić information content (AvgIpc) is 2.77. The molecule has 0 spiro atoms. The van der Waals surface area contributed by atoms with Gasteiger partial charge in [-0.2, -0.15) is 0 Å². The van der Waals surface area contributed by atoms with Gasteiger partial charge < -0.3 is 5.32 Å². The Balaban J connectivity index is 1.92. The highest BCUT2D eigenvalue weighted by Gasteiger charge is 2.42. The Labute approximate surface area is 128 Å². The summed E-state index contributed by atoms with van der Waals surface area (Å²) in [5.74, 6) is -3.18. The highest BCUT2D eigenvalue weighted by molar-refractivity contribution is 6.30. The summed E-state index contributed by atoms with van der Waals surface area (Å²) in [5.41, 5.74) is 0.721. The minimum atomic E-state index is -2.80. The fourth-order valence-corrected chi connectivity index (χ4v) is 2.46. The van der Waals surface area contributed by atoms with E-state index >= 15 is 0 Å². The third-order valence-electron chi connectivity index (χ3n) is 3.76. The Hall–Kier alpha value is -1.20. The minimum absolute atomic E-state index is 0.304. The molecule has 0 saturated carbocycles. The molecule has 116 valence electrons. The van der Waals surface area contributed by atoms with E-state index in [0.29, 0.717) is 11.6 Å². The number of amides is 1. The van der Waals surface area contributed by atoms with Gasteiger partial charge in [0.05, 0.1) is 12.6 Å². The molecule has 0 radical (unpaired) electrons.